The van der Waals surface area contributed by atoms with Gasteiger partial charge in [-0.05, 0) is 36.4 Å². The Kier molecular flexibility index (Phi) is 5.96. The molecule has 2 aromatic carbocycles. The molecule has 152 valence electrons. The van der Waals surface area contributed by atoms with E-state index in [0.29, 0.717) is 27.4 Å². The van der Waals surface area contributed by atoms with Crippen LogP contribution in [0.25, 0.3) is 11.3 Å². The van der Waals surface area contributed by atoms with Gasteiger partial charge in [0.25, 0.3) is 11.8 Å². The Balaban J connectivity index is 1.70. The van der Waals surface area contributed by atoms with Crippen LogP contribution in [0, 0.1) is 0 Å². The zero-order valence-corrected chi connectivity index (χ0v) is 16.9. The molecule has 0 aliphatic carbocycles. The van der Waals surface area contributed by atoms with E-state index >= 15 is 0 Å². The number of hydrogen-bond donors (Lipinski definition) is 1. The van der Waals surface area contributed by atoms with Crippen LogP contribution in [-0.2, 0) is 0 Å². The molecule has 7 nitrogen and oxygen atoms in total. The first-order valence-electron chi connectivity index (χ1n) is 9.30. The third kappa shape index (κ3) is 4.57. The number of imide groups is 1. The van der Waals surface area contributed by atoms with Crippen LogP contribution in [0.4, 0.5) is 0 Å². The summed E-state index contributed by atoms with van der Waals surface area (Å²) in [4.78, 5) is 30.0. The minimum absolute atomic E-state index is 0.290. The Labute approximate surface area is 183 Å². The Morgan fingerprint density at radius 1 is 0.935 bits per heavy atom. The van der Waals surface area contributed by atoms with E-state index in [9.17, 15) is 9.59 Å². The predicted octanol–water partition coefficient (Wildman–Crippen LogP) is 4.44. The smallest absolute Gasteiger partial charge is 0.277 e. The van der Waals surface area contributed by atoms with E-state index in [-0.39, 0.29) is 0 Å². The standard InChI is InChI=1S/C23H16ClN5O2/c24-20-8-4-7-18(13-20)21-19(14-26-28-21)15-27-29(22(30)16-5-2-1-3-6-16)23(31)17-9-11-25-12-10-17/h1-15H,(H,26,28)/b27-15+. The Morgan fingerprint density at radius 2 is 1.65 bits per heavy atom. The highest BCUT2D eigenvalue weighted by Gasteiger charge is 2.24. The van der Waals surface area contributed by atoms with E-state index in [0.717, 1.165) is 10.6 Å². The van der Waals surface area contributed by atoms with Crippen LogP contribution in [0.5, 0.6) is 0 Å². The molecule has 4 aromatic rings. The van der Waals surface area contributed by atoms with E-state index in [1.165, 1.54) is 30.7 Å². The van der Waals surface area contributed by atoms with Gasteiger partial charge < -0.3 is 0 Å². The number of nitrogens with one attached hydrogen (secondary N) is 1. The highest BCUT2D eigenvalue weighted by Crippen LogP contribution is 2.23. The number of halogens is 1. The van der Waals surface area contributed by atoms with Gasteiger partial charge in [-0.15, -0.1) is 0 Å². The van der Waals surface area contributed by atoms with Crippen LogP contribution in [0.3, 0.4) is 0 Å². The van der Waals surface area contributed by atoms with Crippen molar-refractivity contribution in [2.24, 2.45) is 5.10 Å². The van der Waals surface area contributed by atoms with Crippen LogP contribution >= 0.6 is 11.6 Å². The summed E-state index contributed by atoms with van der Waals surface area (Å²) in [5, 5.41) is 12.6. The van der Waals surface area contributed by atoms with Crippen molar-refractivity contribution in [3.63, 3.8) is 0 Å². The van der Waals surface area contributed by atoms with E-state index in [2.05, 4.69) is 20.3 Å². The van der Waals surface area contributed by atoms with Crippen molar-refractivity contribution >= 4 is 29.6 Å². The molecule has 4 rings (SSSR count). The maximum Gasteiger partial charge on any atom is 0.281 e. The predicted molar refractivity (Wildman–Crippen MR) is 118 cm³/mol. The maximum absolute atomic E-state index is 13.1. The Morgan fingerprint density at radius 3 is 2.35 bits per heavy atom. The number of aromatic nitrogens is 3. The zero-order chi connectivity index (χ0) is 21.6. The molecule has 0 atom stereocenters. The third-order valence-corrected chi connectivity index (χ3v) is 4.66. The fourth-order valence-electron chi connectivity index (χ4n) is 2.91. The molecule has 0 radical (unpaired) electrons. The second kappa shape index (κ2) is 9.15. The molecule has 8 heteroatoms. The summed E-state index contributed by atoms with van der Waals surface area (Å²) in [6.07, 6.45) is 5.94. The molecular formula is C23H16ClN5O2. The largest absolute Gasteiger partial charge is 0.281 e. The summed E-state index contributed by atoms with van der Waals surface area (Å²) < 4.78 is 0. The summed E-state index contributed by atoms with van der Waals surface area (Å²) in [7, 11) is 0. The Hall–Kier alpha value is -4.10. The number of hydrogen-bond acceptors (Lipinski definition) is 5. The molecule has 0 unspecified atom stereocenters. The average Bonchev–Trinajstić information content (AvgIpc) is 3.29. The number of nitrogens with zero attached hydrogens (tertiary/aromatic N) is 4. The molecule has 31 heavy (non-hydrogen) atoms. The minimum atomic E-state index is -0.569. The quantitative estimate of drug-likeness (QED) is 0.288. The molecular weight excluding hydrogens is 414 g/mol. The van der Waals surface area contributed by atoms with Gasteiger partial charge in [-0.2, -0.15) is 15.2 Å². The fourth-order valence-corrected chi connectivity index (χ4v) is 3.10. The summed E-state index contributed by atoms with van der Waals surface area (Å²) >= 11 is 6.09. The lowest BCUT2D eigenvalue weighted by atomic mass is 10.1. The van der Waals surface area contributed by atoms with Crippen molar-refractivity contribution < 1.29 is 9.59 Å². The summed E-state index contributed by atoms with van der Waals surface area (Å²) in [6.45, 7) is 0. The second-order valence-corrected chi connectivity index (χ2v) is 6.92. The van der Waals surface area contributed by atoms with Crippen molar-refractivity contribution in [3.8, 4) is 11.3 Å². The number of rotatable bonds is 5. The van der Waals surface area contributed by atoms with Crippen molar-refractivity contribution in [1.82, 2.24) is 20.2 Å². The van der Waals surface area contributed by atoms with Crippen LogP contribution in [-0.4, -0.2) is 38.2 Å². The molecule has 0 spiro atoms. The van der Waals surface area contributed by atoms with Gasteiger partial charge in [-0.1, -0.05) is 41.9 Å². The van der Waals surface area contributed by atoms with Gasteiger partial charge in [-0.3, -0.25) is 19.7 Å². The van der Waals surface area contributed by atoms with Crippen molar-refractivity contribution in [3.05, 3.63) is 107 Å². The maximum atomic E-state index is 13.1. The van der Waals surface area contributed by atoms with Gasteiger partial charge in [0.2, 0.25) is 0 Å². The first-order valence-corrected chi connectivity index (χ1v) is 9.68. The number of pyridine rings is 1. The zero-order valence-electron chi connectivity index (χ0n) is 16.1. The second-order valence-electron chi connectivity index (χ2n) is 6.48. The fraction of sp³-hybridized carbons (Fsp3) is 0. The van der Waals surface area contributed by atoms with Gasteiger partial charge in [0.15, 0.2) is 0 Å². The number of hydrazone groups is 1. The normalized spacial score (nSPS) is 10.9. The van der Waals surface area contributed by atoms with Gasteiger partial charge in [0, 0.05) is 39.7 Å². The molecule has 0 aliphatic heterocycles. The first-order chi connectivity index (χ1) is 15.1. The molecule has 0 saturated heterocycles. The number of H-pyrrole nitrogens is 1. The van der Waals surface area contributed by atoms with Crippen molar-refractivity contribution in [2.75, 3.05) is 0 Å². The highest BCUT2D eigenvalue weighted by atomic mass is 35.5. The monoisotopic (exact) mass is 429 g/mol. The molecule has 2 heterocycles. The molecule has 0 bridgehead atoms. The number of carbonyl (C=O) groups excluding carboxylic acids is 2. The number of aromatic amines is 1. The summed E-state index contributed by atoms with van der Waals surface area (Å²) in [5.41, 5.74) is 2.68. The van der Waals surface area contributed by atoms with Crippen LogP contribution in [0.1, 0.15) is 26.3 Å². The lowest BCUT2D eigenvalue weighted by Crippen LogP contribution is -2.32. The number of carbonyl (C=O) groups is 2. The van der Waals surface area contributed by atoms with Crippen molar-refractivity contribution in [2.45, 2.75) is 0 Å². The SMILES string of the molecule is O=C(c1ccccc1)N(/N=C/c1cn[nH]c1-c1cccc(Cl)c1)C(=O)c1ccncc1. The van der Waals surface area contributed by atoms with E-state index < -0.39 is 11.8 Å². The van der Waals surface area contributed by atoms with Gasteiger partial charge in [0.05, 0.1) is 18.1 Å². The molecule has 2 aromatic heterocycles. The first kappa shape index (κ1) is 20.2. The van der Waals surface area contributed by atoms with Gasteiger partial charge >= 0.3 is 0 Å². The van der Waals surface area contributed by atoms with Gasteiger partial charge in [-0.25, -0.2) is 0 Å². The molecule has 0 aliphatic rings. The molecule has 1 N–H and O–H groups in total. The van der Waals surface area contributed by atoms with Crippen LogP contribution in [0.2, 0.25) is 5.02 Å². The average molecular weight is 430 g/mol. The summed E-state index contributed by atoms with van der Waals surface area (Å²) in [6, 6.07) is 18.8. The minimum Gasteiger partial charge on any atom is -0.277 e. The number of amides is 2. The third-order valence-electron chi connectivity index (χ3n) is 4.43. The van der Waals surface area contributed by atoms with Crippen molar-refractivity contribution in [1.29, 1.82) is 0 Å². The Bertz CT molecular complexity index is 1190. The van der Waals surface area contributed by atoms with E-state index in [1.807, 2.05) is 12.1 Å². The summed E-state index contributed by atoms with van der Waals surface area (Å²) in [5.74, 6) is -1.12. The van der Waals surface area contributed by atoms with Crippen LogP contribution < -0.4 is 0 Å². The van der Waals surface area contributed by atoms with Crippen LogP contribution in [0.15, 0.2) is 90.4 Å². The van der Waals surface area contributed by atoms with E-state index in [1.54, 1.807) is 48.7 Å². The highest BCUT2D eigenvalue weighted by molar-refractivity contribution is 6.30. The topological polar surface area (TPSA) is 91.3 Å². The molecule has 0 saturated carbocycles. The molecule has 0 fully saturated rings. The molecule has 2 amide bonds. The lowest BCUT2D eigenvalue weighted by Gasteiger charge is -2.15. The van der Waals surface area contributed by atoms with Gasteiger partial charge in [0.1, 0.15) is 0 Å². The van der Waals surface area contributed by atoms with E-state index in [4.69, 9.17) is 11.6 Å². The number of benzene rings is 2. The lowest BCUT2D eigenvalue weighted by molar-refractivity contribution is 0.0622.